The van der Waals surface area contributed by atoms with Gasteiger partial charge in [0.15, 0.2) is 9.84 Å². The number of carboxylic acid groups (broad SMARTS) is 1. The van der Waals surface area contributed by atoms with E-state index in [-0.39, 0.29) is 35.8 Å². The van der Waals surface area contributed by atoms with E-state index in [1.165, 1.54) is 10.4 Å². The standard InChI is InChI=1S/C17H24ClNO6S2/c1-13-6-7-14(18)11-16(13)27(24,25)19(9-4-2-3-5-17(20)21)15-8-10-26(22,23)12-15/h6-7,11,15H,2-5,8-10,12H2,1H3,(H,20,21)/t15-/m1/s1. The highest BCUT2D eigenvalue weighted by molar-refractivity contribution is 7.92. The van der Waals surface area contributed by atoms with Gasteiger partial charge in [0, 0.05) is 24.0 Å². The number of carboxylic acids is 1. The SMILES string of the molecule is Cc1ccc(Cl)cc1S(=O)(=O)N(CCCCCC(=O)O)[C@@H]1CCS(=O)(=O)C1. The lowest BCUT2D eigenvalue weighted by atomic mass is 10.2. The largest absolute Gasteiger partial charge is 0.481 e. The molecule has 1 aliphatic heterocycles. The number of nitrogens with zero attached hydrogens (tertiary/aromatic N) is 1. The van der Waals surface area contributed by atoms with E-state index in [1.807, 2.05) is 0 Å². The van der Waals surface area contributed by atoms with Gasteiger partial charge in [-0.2, -0.15) is 4.31 Å². The quantitative estimate of drug-likeness (QED) is 0.594. The molecule has 0 amide bonds. The minimum Gasteiger partial charge on any atom is -0.481 e. The molecule has 152 valence electrons. The predicted molar refractivity (Wildman–Crippen MR) is 103 cm³/mol. The Morgan fingerprint density at radius 3 is 2.59 bits per heavy atom. The van der Waals surface area contributed by atoms with Crippen LogP contribution in [0.15, 0.2) is 23.1 Å². The maximum absolute atomic E-state index is 13.3. The van der Waals surface area contributed by atoms with E-state index in [0.717, 1.165) is 0 Å². The number of benzene rings is 1. The molecule has 0 aromatic heterocycles. The van der Waals surface area contributed by atoms with Crippen LogP contribution in [0.3, 0.4) is 0 Å². The summed E-state index contributed by atoms with van der Waals surface area (Å²) in [5, 5.41) is 8.99. The second kappa shape index (κ2) is 8.89. The summed E-state index contributed by atoms with van der Waals surface area (Å²) >= 11 is 5.97. The Bertz CT molecular complexity index is 898. The Hall–Kier alpha value is -1.16. The van der Waals surface area contributed by atoms with Crippen LogP contribution in [0.2, 0.25) is 5.02 Å². The maximum Gasteiger partial charge on any atom is 0.303 e. The number of sulfone groups is 1. The molecular weight excluding hydrogens is 414 g/mol. The van der Waals surface area contributed by atoms with Crippen LogP contribution in [0.25, 0.3) is 0 Å². The van der Waals surface area contributed by atoms with Gasteiger partial charge in [-0.3, -0.25) is 4.79 Å². The summed E-state index contributed by atoms with van der Waals surface area (Å²) < 4.78 is 51.5. The van der Waals surface area contributed by atoms with Crippen LogP contribution < -0.4 is 0 Å². The van der Waals surface area contributed by atoms with Crippen molar-refractivity contribution in [2.24, 2.45) is 0 Å². The molecule has 0 radical (unpaired) electrons. The highest BCUT2D eigenvalue weighted by Gasteiger charge is 2.39. The number of hydrogen-bond acceptors (Lipinski definition) is 5. The summed E-state index contributed by atoms with van der Waals surface area (Å²) in [6.07, 6.45) is 1.74. The van der Waals surface area contributed by atoms with Crippen LogP contribution in [-0.4, -0.2) is 56.3 Å². The Balaban J connectivity index is 2.25. The van der Waals surface area contributed by atoms with Crippen molar-refractivity contribution in [2.75, 3.05) is 18.1 Å². The van der Waals surface area contributed by atoms with Gasteiger partial charge in [-0.25, -0.2) is 16.8 Å². The van der Waals surface area contributed by atoms with Crippen molar-refractivity contribution >= 4 is 37.4 Å². The molecule has 7 nitrogen and oxygen atoms in total. The summed E-state index contributed by atoms with van der Waals surface area (Å²) in [6, 6.07) is 3.99. The molecule has 1 fully saturated rings. The molecule has 0 unspecified atom stereocenters. The molecule has 2 rings (SSSR count). The zero-order valence-electron chi connectivity index (χ0n) is 15.1. The van der Waals surface area contributed by atoms with Gasteiger partial charge in [0.05, 0.1) is 16.4 Å². The molecule has 1 aromatic carbocycles. The Labute approximate surface area is 165 Å². The molecule has 1 saturated heterocycles. The van der Waals surface area contributed by atoms with E-state index < -0.39 is 31.9 Å². The fourth-order valence-electron chi connectivity index (χ4n) is 3.20. The molecule has 27 heavy (non-hydrogen) atoms. The molecule has 1 atom stereocenters. The first-order valence-corrected chi connectivity index (χ1v) is 12.4. The maximum atomic E-state index is 13.3. The van der Waals surface area contributed by atoms with Crippen molar-refractivity contribution in [3.63, 3.8) is 0 Å². The van der Waals surface area contributed by atoms with Crippen LogP contribution >= 0.6 is 11.6 Å². The zero-order chi connectivity index (χ0) is 20.2. The van der Waals surface area contributed by atoms with Gasteiger partial charge in [-0.15, -0.1) is 0 Å². The average molecular weight is 438 g/mol. The number of halogens is 1. The summed E-state index contributed by atoms with van der Waals surface area (Å²) in [5.74, 6) is -1.12. The van der Waals surface area contributed by atoms with Crippen molar-refractivity contribution in [3.05, 3.63) is 28.8 Å². The molecular formula is C17H24ClNO6S2. The van der Waals surface area contributed by atoms with Gasteiger partial charge in [0.2, 0.25) is 10.0 Å². The lowest BCUT2D eigenvalue weighted by Gasteiger charge is -2.28. The fourth-order valence-corrected chi connectivity index (χ4v) is 7.21. The van der Waals surface area contributed by atoms with E-state index in [9.17, 15) is 21.6 Å². The molecule has 0 spiro atoms. The number of hydrogen-bond donors (Lipinski definition) is 1. The van der Waals surface area contributed by atoms with E-state index >= 15 is 0 Å². The topological polar surface area (TPSA) is 109 Å². The molecule has 0 bridgehead atoms. The van der Waals surface area contributed by atoms with Gasteiger partial charge < -0.3 is 5.11 Å². The first-order valence-electron chi connectivity index (χ1n) is 8.73. The molecule has 10 heteroatoms. The number of aliphatic carboxylic acids is 1. The monoisotopic (exact) mass is 437 g/mol. The van der Waals surface area contributed by atoms with Crippen LogP contribution in [0.5, 0.6) is 0 Å². The minimum atomic E-state index is -3.92. The van der Waals surface area contributed by atoms with Crippen molar-refractivity contribution in [2.45, 2.75) is 50.0 Å². The Kier molecular flexibility index (Phi) is 7.29. The number of sulfonamides is 1. The molecule has 1 aromatic rings. The summed E-state index contributed by atoms with van der Waals surface area (Å²) in [4.78, 5) is 10.7. The van der Waals surface area contributed by atoms with Gasteiger partial charge in [-0.05, 0) is 43.9 Å². The minimum absolute atomic E-state index is 0.0258. The highest BCUT2D eigenvalue weighted by atomic mass is 35.5. The zero-order valence-corrected chi connectivity index (χ0v) is 17.5. The molecule has 1 N–H and O–H groups in total. The number of unbranched alkanes of at least 4 members (excludes halogenated alkanes) is 2. The van der Waals surface area contributed by atoms with E-state index in [0.29, 0.717) is 29.8 Å². The smallest absolute Gasteiger partial charge is 0.303 e. The summed E-state index contributed by atoms with van der Waals surface area (Å²) in [7, 11) is -7.18. The van der Waals surface area contributed by atoms with Crippen LogP contribution in [-0.2, 0) is 24.7 Å². The second-order valence-electron chi connectivity index (χ2n) is 6.79. The first kappa shape index (κ1) is 22.1. The highest BCUT2D eigenvalue weighted by Crippen LogP contribution is 2.29. The third kappa shape index (κ3) is 5.91. The molecule has 0 aliphatic carbocycles. The van der Waals surface area contributed by atoms with Crippen LogP contribution in [0.1, 0.15) is 37.7 Å². The first-order chi connectivity index (χ1) is 12.5. The molecule has 1 heterocycles. The number of aryl methyl sites for hydroxylation is 1. The van der Waals surface area contributed by atoms with Crippen molar-refractivity contribution < 1.29 is 26.7 Å². The van der Waals surface area contributed by atoms with Crippen LogP contribution in [0.4, 0.5) is 0 Å². The Morgan fingerprint density at radius 1 is 1.30 bits per heavy atom. The van der Waals surface area contributed by atoms with Gasteiger partial charge >= 0.3 is 5.97 Å². The normalized spacial score (nSPS) is 19.4. The van der Waals surface area contributed by atoms with Crippen molar-refractivity contribution in [1.29, 1.82) is 0 Å². The van der Waals surface area contributed by atoms with Crippen molar-refractivity contribution in [1.82, 2.24) is 4.31 Å². The summed E-state index contributed by atoms with van der Waals surface area (Å²) in [5.41, 5.74) is 0.538. The number of carbonyl (C=O) groups is 1. The summed E-state index contributed by atoms with van der Waals surface area (Å²) in [6.45, 7) is 1.81. The van der Waals surface area contributed by atoms with E-state index in [4.69, 9.17) is 16.7 Å². The molecule has 0 saturated carbocycles. The van der Waals surface area contributed by atoms with Gasteiger partial charge in [0.1, 0.15) is 0 Å². The third-order valence-electron chi connectivity index (χ3n) is 4.62. The average Bonchev–Trinajstić information content (AvgIpc) is 2.92. The van der Waals surface area contributed by atoms with E-state index in [1.54, 1.807) is 19.1 Å². The predicted octanol–water partition coefficient (Wildman–Crippen LogP) is 2.47. The second-order valence-corrected chi connectivity index (χ2v) is 11.3. The molecule has 1 aliphatic rings. The van der Waals surface area contributed by atoms with Crippen LogP contribution in [0, 0.1) is 6.92 Å². The van der Waals surface area contributed by atoms with Crippen molar-refractivity contribution in [3.8, 4) is 0 Å². The van der Waals surface area contributed by atoms with Gasteiger partial charge in [-0.1, -0.05) is 24.1 Å². The lowest BCUT2D eigenvalue weighted by molar-refractivity contribution is -0.137. The lowest BCUT2D eigenvalue weighted by Crippen LogP contribution is -2.42. The number of rotatable bonds is 9. The Morgan fingerprint density at radius 2 is 2.00 bits per heavy atom. The fraction of sp³-hybridized carbons (Fsp3) is 0.588. The van der Waals surface area contributed by atoms with E-state index in [2.05, 4.69) is 0 Å². The van der Waals surface area contributed by atoms with Gasteiger partial charge in [0.25, 0.3) is 0 Å². The third-order valence-corrected chi connectivity index (χ3v) is 8.70.